The molecular formula is C20H28ClN4O5-. The summed E-state index contributed by atoms with van der Waals surface area (Å²) >= 11 is 0. The first-order chi connectivity index (χ1) is 14.1. The van der Waals surface area contributed by atoms with Crippen LogP contribution in [0.4, 0.5) is 5.82 Å². The summed E-state index contributed by atoms with van der Waals surface area (Å²) in [7, 11) is 6.53. The third-order valence-corrected chi connectivity index (χ3v) is 5.27. The van der Waals surface area contributed by atoms with Crippen molar-refractivity contribution < 1.29 is 36.1 Å². The molecule has 2 aliphatic heterocycles. The zero-order valence-electron chi connectivity index (χ0n) is 17.7. The van der Waals surface area contributed by atoms with Gasteiger partial charge in [-0.15, -0.1) is 0 Å². The molecule has 10 heteroatoms. The summed E-state index contributed by atoms with van der Waals surface area (Å²) in [6, 6.07) is 3.67. The topological polar surface area (TPSA) is 95.0 Å². The van der Waals surface area contributed by atoms with Crippen LogP contribution in [0.1, 0.15) is 12.8 Å². The highest BCUT2D eigenvalue weighted by molar-refractivity contribution is 5.95. The Morgan fingerprint density at radius 2 is 1.77 bits per heavy atom. The first kappa shape index (κ1) is 24.1. The van der Waals surface area contributed by atoms with E-state index in [0.717, 1.165) is 36.2 Å². The lowest BCUT2D eigenvalue weighted by Crippen LogP contribution is -3.00. The molecule has 2 aromatic rings. The second kappa shape index (κ2) is 10.7. The predicted octanol–water partition coefficient (Wildman–Crippen LogP) is -1.60. The van der Waals surface area contributed by atoms with Gasteiger partial charge in [0.2, 0.25) is 0 Å². The van der Waals surface area contributed by atoms with E-state index in [0.29, 0.717) is 31.0 Å². The van der Waals surface area contributed by atoms with Crippen LogP contribution in [0, 0.1) is 0 Å². The SMILES string of the molecule is COC1(OC)CCNC1.COc1cc2ncnc(N3CCC(=O)C3)c2cc1OC.[Cl-]. The third-order valence-electron chi connectivity index (χ3n) is 5.27. The summed E-state index contributed by atoms with van der Waals surface area (Å²) in [5.41, 5.74) is 0.770. The minimum atomic E-state index is -0.333. The molecule has 9 nitrogen and oxygen atoms in total. The number of rotatable bonds is 5. The van der Waals surface area contributed by atoms with E-state index in [4.69, 9.17) is 18.9 Å². The van der Waals surface area contributed by atoms with Crippen LogP contribution in [0.25, 0.3) is 10.9 Å². The molecule has 2 fully saturated rings. The van der Waals surface area contributed by atoms with Crippen molar-refractivity contribution in [2.75, 3.05) is 59.5 Å². The average Bonchev–Trinajstić information content (AvgIpc) is 3.42. The van der Waals surface area contributed by atoms with E-state index in [1.54, 1.807) is 28.4 Å². The number of nitrogens with one attached hydrogen (secondary N) is 1. The second-order valence-electron chi connectivity index (χ2n) is 6.88. The molecule has 166 valence electrons. The number of carbonyl (C=O) groups is 1. The lowest BCUT2D eigenvalue weighted by Gasteiger charge is -2.23. The number of fused-ring (bicyclic) bond motifs is 1. The molecule has 2 saturated heterocycles. The molecule has 0 atom stereocenters. The average molecular weight is 440 g/mol. The molecule has 0 saturated carbocycles. The zero-order valence-corrected chi connectivity index (χ0v) is 18.5. The number of anilines is 1. The molecule has 30 heavy (non-hydrogen) atoms. The van der Waals surface area contributed by atoms with Gasteiger partial charge in [-0.05, 0) is 6.07 Å². The van der Waals surface area contributed by atoms with Gasteiger partial charge in [-0.2, -0.15) is 0 Å². The first-order valence-corrected chi connectivity index (χ1v) is 9.50. The summed E-state index contributed by atoms with van der Waals surface area (Å²) in [5.74, 6) is 1.92. The normalized spacial score (nSPS) is 17.3. The second-order valence-corrected chi connectivity index (χ2v) is 6.88. The van der Waals surface area contributed by atoms with E-state index >= 15 is 0 Å². The van der Waals surface area contributed by atoms with Gasteiger partial charge in [-0.1, -0.05) is 0 Å². The van der Waals surface area contributed by atoms with Gasteiger partial charge in [-0.25, -0.2) is 9.97 Å². The van der Waals surface area contributed by atoms with Crippen molar-refractivity contribution >= 4 is 22.5 Å². The Kier molecular flexibility index (Phi) is 8.60. The van der Waals surface area contributed by atoms with Gasteiger partial charge < -0.3 is 41.6 Å². The van der Waals surface area contributed by atoms with E-state index in [1.807, 2.05) is 17.0 Å². The minimum absolute atomic E-state index is 0. The Morgan fingerprint density at radius 1 is 1.07 bits per heavy atom. The van der Waals surface area contributed by atoms with E-state index in [1.165, 1.54) is 6.33 Å². The van der Waals surface area contributed by atoms with E-state index < -0.39 is 0 Å². The van der Waals surface area contributed by atoms with Gasteiger partial charge in [0.1, 0.15) is 12.1 Å². The maximum absolute atomic E-state index is 11.5. The quantitative estimate of drug-likeness (QED) is 0.552. The standard InChI is InChI=1S/C14H15N3O3.C6H13NO2.ClH/c1-19-12-5-10-11(6-13(12)20-2)15-8-16-14(10)17-4-3-9(18)7-17;1-8-6(9-2)3-4-7-5-6;/h5-6,8H,3-4,7H2,1-2H3;7H,3-5H2,1-2H3;1H/p-1. The Balaban J connectivity index is 0.000000272. The van der Waals surface area contributed by atoms with Gasteiger partial charge in [0, 0.05) is 58.1 Å². The summed E-state index contributed by atoms with van der Waals surface area (Å²) < 4.78 is 20.9. The van der Waals surface area contributed by atoms with Crippen molar-refractivity contribution in [1.82, 2.24) is 15.3 Å². The molecular weight excluding hydrogens is 412 g/mol. The van der Waals surface area contributed by atoms with Crippen LogP contribution in [-0.4, -0.2) is 76.2 Å². The van der Waals surface area contributed by atoms with Gasteiger partial charge in [0.05, 0.1) is 26.3 Å². The van der Waals surface area contributed by atoms with Gasteiger partial charge in [0.15, 0.2) is 23.1 Å². The van der Waals surface area contributed by atoms with E-state index in [9.17, 15) is 4.79 Å². The summed E-state index contributed by atoms with van der Waals surface area (Å²) in [6.45, 7) is 2.89. The number of hydrogen-bond donors (Lipinski definition) is 1. The number of halogens is 1. The highest BCUT2D eigenvalue weighted by atomic mass is 35.5. The number of benzene rings is 1. The highest BCUT2D eigenvalue weighted by Crippen LogP contribution is 2.35. The van der Waals surface area contributed by atoms with Crippen molar-refractivity contribution in [2.24, 2.45) is 0 Å². The van der Waals surface area contributed by atoms with Crippen molar-refractivity contribution in [1.29, 1.82) is 0 Å². The first-order valence-electron chi connectivity index (χ1n) is 9.50. The number of ketones is 1. The number of ether oxygens (including phenoxy) is 4. The van der Waals surface area contributed by atoms with Crippen LogP contribution < -0.4 is 32.1 Å². The molecule has 0 amide bonds. The van der Waals surface area contributed by atoms with Crippen LogP contribution in [0.15, 0.2) is 18.5 Å². The number of Topliss-reactive ketones (excluding diaryl/α,β-unsaturated/α-hetero) is 1. The van der Waals surface area contributed by atoms with Crippen LogP contribution in [0.5, 0.6) is 11.5 Å². The summed E-state index contributed by atoms with van der Waals surface area (Å²) in [5, 5.41) is 4.03. The Morgan fingerprint density at radius 3 is 2.27 bits per heavy atom. The minimum Gasteiger partial charge on any atom is -1.00 e. The fourth-order valence-electron chi connectivity index (χ4n) is 3.51. The summed E-state index contributed by atoms with van der Waals surface area (Å²) in [4.78, 5) is 22.0. The van der Waals surface area contributed by atoms with Gasteiger partial charge in [-0.3, -0.25) is 4.79 Å². The van der Waals surface area contributed by atoms with E-state index in [2.05, 4.69) is 15.3 Å². The largest absolute Gasteiger partial charge is 1.00 e. The van der Waals surface area contributed by atoms with Crippen molar-refractivity contribution in [3.8, 4) is 11.5 Å². The number of hydrogen-bond acceptors (Lipinski definition) is 9. The number of aromatic nitrogens is 2. The Hall–Kier alpha value is -2.20. The lowest BCUT2D eigenvalue weighted by atomic mass is 10.2. The number of carbonyl (C=O) groups excluding carboxylic acids is 1. The molecule has 3 heterocycles. The van der Waals surface area contributed by atoms with Crippen molar-refractivity contribution in [3.63, 3.8) is 0 Å². The number of nitrogens with zero attached hydrogens (tertiary/aromatic N) is 3. The fourth-order valence-corrected chi connectivity index (χ4v) is 3.51. The molecule has 1 aromatic heterocycles. The molecule has 4 rings (SSSR count). The number of methoxy groups -OCH3 is 4. The zero-order chi connectivity index (χ0) is 20.9. The van der Waals surface area contributed by atoms with Crippen molar-refractivity contribution in [2.45, 2.75) is 18.6 Å². The highest BCUT2D eigenvalue weighted by Gasteiger charge is 2.33. The van der Waals surface area contributed by atoms with E-state index in [-0.39, 0.29) is 24.0 Å². The predicted molar refractivity (Wildman–Crippen MR) is 109 cm³/mol. The monoisotopic (exact) mass is 439 g/mol. The van der Waals surface area contributed by atoms with Crippen LogP contribution in [0.2, 0.25) is 0 Å². The van der Waals surface area contributed by atoms with Gasteiger partial charge in [0.25, 0.3) is 0 Å². The fraction of sp³-hybridized carbons (Fsp3) is 0.550. The van der Waals surface area contributed by atoms with Crippen molar-refractivity contribution in [3.05, 3.63) is 18.5 Å². The Labute approximate surface area is 182 Å². The van der Waals surface area contributed by atoms with Crippen LogP contribution in [0.3, 0.4) is 0 Å². The Bertz CT molecular complexity index is 854. The molecule has 0 unspecified atom stereocenters. The smallest absolute Gasteiger partial charge is 0.181 e. The third kappa shape index (κ3) is 5.10. The van der Waals surface area contributed by atoms with Crippen LogP contribution >= 0.6 is 0 Å². The molecule has 2 aliphatic rings. The van der Waals surface area contributed by atoms with Gasteiger partial charge >= 0.3 is 0 Å². The molecule has 0 radical (unpaired) electrons. The molecule has 0 bridgehead atoms. The van der Waals surface area contributed by atoms with Crippen LogP contribution in [-0.2, 0) is 14.3 Å². The molecule has 1 aromatic carbocycles. The maximum Gasteiger partial charge on any atom is 0.181 e. The molecule has 0 spiro atoms. The molecule has 0 aliphatic carbocycles. The summed E-state index contributed by atoms with van der Waals surface area (Å²) in [6.07, 6.45) is 3.02. The molecule has 1 N–H and O–H groups in total. The maximum atomic E-state index is 11.5. The lowest BCUT2D eigenvalue weighted by molar-refractivity contribution is -0.190.